The topological polar surface area (TPSA) is 30.3 Å². The van der Waals surface area contributed by atoms with Crippen molar-refractivity contribution in [3.8, 4) is 6.07 Å². The number of piperidine rings is 2. The van der Waals surface area contributed by atoms with Crippen LogP contribution in [0.3, 0.4) is 0 Å². The van der Waals surface area contributed by atoms with Gasteiger partial charge in [-0.1, -0.05) is 98.8 Å². The zero-order valence-corrected chi connectivity index (χ0v) is 30.1. The number of rotatable bonds is 10. The van der Waals surface area contributed by atoms with Crippen molar-refractivity contribution in [1.29, 1.82) is 5.26 Å². The van der Waals surface area contributed by atoms with Crippen molar-refractivity contribution < 1.29 is 0 Å². The van der Waals surface area contributed by atoms with Crippen LogP contribution in [-0.4, -0.2) is 49.1 Å². The summed E-state index contributed by atoms with van der Waals surface area (Å²) in [5.41, 5.74) is 7.36. The fourth-order valence-corrected chi connectivity index (χ4v) is 9.74. The Bertz CT molecular complexity index is 1670. The Kier molecular flexibility index (Phi) is 9.60. The molecule has 2 aliphatic heterocycles. The lowest BCUT2D eigenvalue weighted by atomic mass is 9.91. The first-order valence-electron chi connectivity index (χ1n) is 17.7. The Balaban J connectivity index is 0.000000150. The lowest BCUT2D eigenvalue weighted by Crippen LogP contribution is -2.30. The molecule has 4 aliphatic rings. The molecule has 0 aromatic heterocycles. The van der Waals surface area contributed by atoms with E-state index in [1.807, 2.05) is 12.1 Å². The Morgan fingerprint density at radius 1 is 0.617 bits per heavy atom. The number of benzene rings is 4. The van der Waals surface area contributed by atoms with E-state index in [1.165, 1.54) is 85.2 Å². The van der Waals surface area contributed by atoms with Gasteiger partial charge in [-0.15, -0.1) is 0 Å². The first-order chi connectivity index (χ1) is 22.9. The highest BCUT2D eigenvalue weighted by Crippen LogP contribution is 2.64. The van der Waals surface area contributed by atoms with Crippen molar-refractivity contribution in [3.05, 3.63) is 141 Å². The molecule has 2 saturated heterocycles. The Labute approximate surface area is 296 Å². The van der Waals surface area contributed by atoms with Crippen molar-refractivity contribution in [2.24, 2.45) is 23.7 Å². The minimum absolute atomic E-state index is 0.294. The molecule has 0 bridgehead atoms. The normalized spacial score (nSPS) is 28.9. The largest absolute Gasteiger partial charge is 0.303 e. The van der Waals surface area contributed by atoms with Gasteiger partial charge >= 0.3 is 0 Å². The second kappa shape index (κ2) is 13.9. The molecular formula is C43H48IN3. The molecule has 47 heavy (non-hydrogen) atoms. The van der Waals surface area contributed by atoms with Gasteiger partial charge in [-0.25, -0.2) is 0 Å². The molecule has 4 heteroatoms. The molecule has 0 amide bonds. The first kappa shape index (κ1) is 32.6. The van der Waals surface area contributed by atoms with Crippen LogP contribution >= 0.6 is 22.6 Å². The monoisotopic (exact) mass is 733 g/mol. The average molecular weight is 734 g/mol. The Morgan fingerprint density at radius 2 is 1.06 bits per heavy atom. The second-order valence-corrected chi connectivity index (χ2v) is 16.1. The molecule has 2 aliphatic carbocycles. The summed E-state index contributed by atoms with van der Waals surface area (Å²) >= 11 is 2.43. The fraction of sp³-hybridized carbons (Fsp3) is 0.419. The van der Waals surface area contributed by atoms with E-state index >= 15 is 0 Å². The summed E-state index contributed by atoms with van der Waals surface area (Å²) < 4.78 is 1.37. The third-order valence-electron chi connectivity index (χ3n) is 12.3. The summed E-state index contributed by atoms with van der Waals surface area (Å²) in [6.45, 7) is 12.3. The molecule has 2 saturated carbocycles. The minimum Gasteiger partial charge on any atom is -0.303 e. The number of aryl methyl sites for hydroxylation is 2. The summed E-state index contributed by atoms with van der Waals surface area (Å²) in [5, 5.41) is 9.13. The van der Waals surface area contributed by atoms with Gasteiger partial charge in [-0.2, -0.15) is 5.26 Å². The molecular weight excluding hydrogens is 685 g/mol. The molecule has 4 atom stereocenters. The van der Waals surface area contributed by atoms with Crippen molar-refractivity contribution in [1.82, 2.24) is 9.80 Å². The van der Waals surface area contributed by atoms with Gasteiger partial charge in [0.15, 0.2) is 0 Å². The van der Waals surface area contributed by atoms with Crippen LogP contribution in [0.25, 0.3) is 0 Å². The maximum Gasteiger partial charge on any atom is 0.0991 e. The van der Waals surface area contributed by atoms with Gasteiger partial charge < -0.3 is 9.80 Å². The summed E-state index contributed by atoms with van der Waals surface area (Å²) in [6, 6.07) is 41.3. The predicted octanol–water partition coefficient (Wildman–Crippen LogP) is 8.75. The number of likely N-dealkylation sites (tertiary alicyclic amines) is 2. The SMILES string of the molecule is CC1(c2cccc(C#N)c2)C2CN(CCCc3ccccc3)CC21.CC1(c2cccc(I)c2)C2CN(CCCc3ccccc3)CC21. The van der Waals surface area contributed by atoms with Crippen LogP contribution in [0.1, 0.15) is 54.5 Å². The summed E-state index contributed by atoms with van der Waals surface area (Å²) in [6.07, 6.45) is 4.91. The lowest BCUT2D eigenvalue weighted by molar-refractivity contribution is 0.274. The average Bonchev–Trinajstić information content (AvgIpc) is 3.59. The lowest BCUT2D eigenvalue weighted by Gasteiger charge is -2.24. The van der Waals surface area contributed by atoms with Crippen molar-refractivity contribution in [3.63, 3.8) is 0 Å². The van der Waals surface area contributed by atoms with Crippen molar-refractivity contribution >= 4 is 22.6 Å². The van der Waals surface area contributed by atoms with Gasteiger partial charge in [-0.05, 0) is 132 Å². The zero-order valence-electron chi connectivity index (χ0n) is 28.0. The van der Waals surface area contributed by atoms with Crippen LogP contribution in [-0.2, 0) is 23.7 Å². The molecule has 4 aromatic carbocycles. The van der Waals surface area contributed by atoms with E-state index in [0.717, 1.165) is 29.2 Å². The summed E-state index contributed by atoms with van der Waals surface area (Å²) in [4.78, 5) is 5.32. The molecule has 0 N–H and O–H groups in total. The van der Waals surface area contributed by atoms with E-state index in [2.05, 4.69) is 149 Å². The predicted molar refractivity (Wildman–Crippen MR) is 201 cm³/mol. The third-order valence-corrected chi connectivity index (χ3v) is 13.0. The maximum atomic E-state index is 9.13. The maximum absolute atomic E-state index is 9.13. The fourth-order valence-electron chi connectivity index (χ4n) is 9.20. The Hall–Kier alpha value is -2.98. The van der Waals surface area contributed by atoms with Gasteiger partial charge in [0.25, 0.3) is 0 Å². The van der Waals surface area contributed by atoms with Crippen LogP contribution in [0.15, 0.2) is 109 Å². The van der Waals surface area contributed by atoms with E-state index < -0.39 is 0 Å². The minimum atomic E-state index is 0.294. The number of nitrogens with zero attached hydrogens (tertiary/aromatic N) is 3. The summed E-state index contributed by atoms with van der Waals surface area (Å²) in [5.74, 6) is 3.28. The van der Waals surface area contributed by atoms with Crippen LogP contribution in [0.5, 0.6) is 0 Å². The molecule has 4 fully saturated rings. The van der Waals surface area contributed by atoms with Gasteiger partial charge in [0.1, 0.15) is 0 Å². The highest BCUT2D eigenvalue weighted by molar-refractivity contribution is 14.1. The smallest absolute Gasteiger partial charge is 0.0991 e. The number of hydrogen-bond acceptors (Lipinski definition) is 3. The molecule has 4 unspecified atom stereocenters. The number of fused-ring (bicyclic) bond motifs is 2. The van der Waals surface area contributed by atoms with Gasteiger partial charge in [0.05, 0.1) is 11.6 Å². The van der Waals surface area contributed by atoms with E-state index in [1.54, 1.807) is 5.56 Å². The van der Waals surface area contributed by atoms with Crippen LogP contribution < -0.4 is 0 Å². The first-order valence-corrected chi connectivity index (χ1v) is 18.8. The Morgan fingerprint density at radius 3 is 1.51 bits per heavy atom. The standard InChI is InChI=1S/C22H24N2.C21H24IN/c1-22(19-11-5-9-18(13-19)14-23)20-15-24(16-21(20)22)12-6-10-17-7-3-2-4-8-17;1-21(17-10-5-11-18(22)13-17)19-14-23(15-20(19)21)12-6-9-16-7-3-2-4-8-16/h2-5,7-9,11,13,20-21H,6,10,12,15-16H2,1H3;2-5,7-8,10-11,13,19-20H,6,9,12,14-15H2,1H3. The number of hydrogen-bond donors (Lipinski definition) is 0. The third kappa shape index (κ3) is 6.82. The van der Waals surface area contributed by atoms with E-state index in [4.69, 9.17) is 5.26 Å². The second-order valence-electron chi connectivity index (χ2n) is 14.9. The molecule has 0 radical (unpaired) electrons. The molecule has 2 heterocycles. The van der Waals surface area contributed by atoms with Crippen LogP contribution in [0.2, 0.25) is 0 Å². The molecule has 0 spiro atoms. The van der Waals surface area contributed by atoms with Gasteiger partial charge in [0, 0.05) is 40.6 Å². The van der Waals surface area contributed by atoms with E-state index in [-0.39, 0.29) is 0 Å². The molecule has 3 nitrogen and oxygen atoms in total. The van der Waals surface area contributed by atoms with E-state index in [9.17, 15) is 0 Å². The molecule has 4 aromatic rings. The van der Waals surface area contributed by atoms with Gasteiger partial charge in [0.2, 0.25) is 0 Å². The number of halogens is 1. The van der Waals surface area contributed by atoms with Gasteiger partial charge in [-0.3, -0.25) is 0 Å². The van der Waals surface area contributed by atoms with Crippen molar-refractivity contribution in [2.75, 3.05) is 39.3 Å². The quantitative estimate of drug-likeness (QED) is 0.153. The summed E-state index contributed by atoms with van der Waals surface area (Å²) in [7, 11) is 0. The van der Waals surface area contributed by atoms with Crippen LogP contribution in [0, 0.1) is 38.6 Å². The van der Waals surface area contributed by atoms with Crippen molar-refractivity contribution in [2.45, 2.75) is 50.4 Å². The molecule has 8 rings (SSSR count). The molecule has 242 valence electrons. The van der Waals surface area contributed by atoms with E-state index in [0.29, 0.717) is 10.8 Å². The van der Waals surface area contributed by atoms with Crippen LogP contribution in [0.4, 0.5) is 0 Å². The highest BCUT2D eigenvalue weighted by atomic mass is 127. The number of nitriles is 1. The highest BCUT2D eigenvalue weighted by Gasteiger charge is 2.66. The zero-order chi connectivity index (χ0) is 32.4.